The van der Waals surface area contributed by atoms with E-state index in [9.17, 15) is 9.59 Å². The molecule has 2 atom stereocenters. The first-order valence-corrected chi connectivity index (χ1v) is 4.88. The fourth-order valence-electron chi connectivity index (χ4n) is 1.94. The predicted molar refractivity (Wildman–Crippen MR) is 52.4 cm³/mol. The van der Waals surface area contributed by atoms with Crippen molar-refractivity contribution in [2.24, 2.45) is 10.8 Å². The van der Waals surface area contributed by atoms with Crippen molar-refractivity contribution in [1.29, 1.82) is 0 Å². The molecule has 0 aromatic carbocycles. The fraction of sp³-hybridized carbons (Fsp3) is 0.400. The average Bonchev–Trinajstić information content (AvgIpc) is 2.38. The van der Waals surface area contributed by atoms with Crippen LogP contribution >= 0.6 is 15.9 Å². The molecule has 0 aliphatic heterocycles. The van der Waals surface area contributed by atoms with Crippen LogP contribution in [0.4, 0.5) is 0 Å². The van der Waals surface area contributed by atoms with Crippen LogP contribution in [-0.2, 0) is 9.59 Å². The van der Waals surface area contributed by atoms with Crippen LogP contribution in [0.25, 0.3) is 0 Å². The van der Waals surface area contributed by atoms with Gasteiger partial charge in [0.2, 0.25) is 0 Å². The van der Waals surface area contributed by atoms with Gasteiger partial charge in [-0.3, -0.25) is 9.59 Å². The molecule has 68 valence electrons. The van der Waals surface area contributed by atoms with E-state index in [4.69, 9.17) is 0 Å². The van der Waals surface area contributed by atoms with Gasteiger partial charge in [-0.15, -0.1) is 0 Å². The highest BCUT2D eigenvalue weighted by atomic mass is 79.9. The first kappa shape index (κ1) is 8.88. The molecule has 13 heavy (non-hydrogen) atoms. The second kappa shape index (κ2) is 2.21. The summed E-state index contributed by atoms with van der Waals surface area (Å²) in [5.74, 6) is 0.00917. The molecule has 0 bridgehead atoms. The van der Waals surface area contributed by atoms with Crippen LogP contribution in [0.5, 0.6) is 0 Å². The van der Waals surface area contributed by atoms with Gasteiger partial charge in [-0.25, -0.2) is 0 Å². The summed E-state index contributed by atoms with van der Waals surface area (Å²) in [6, 6.07) is 0. The Kier molecular flexibility index (Phi) is 1.51. The molecule has 2 nitrogen and oxygen atoms in total. The predicted octanol–water partition coefficient (Wildman–Crippen LogP) is 2.00. The minimum Gasteiger partial charge on any atom is -0.294 e. The molecular weight excluding hydrogens is 232 g/mol. The summed E-state index contributed by atoms with van der Waals surface area (Å²) >= 11 is 3.18. The quantitative estimate of drug-likeness (QED) is 0.650. The molecule has 0 saturated heterocycles. The normalized spacial score (nSPS) is 42.5. The number of fused-ring (bicyclic) bond motifs is 1. The van der Waals surface area contributed by atoms with Crippen molar-refractivity contribution < 1.29 is 9.59 Å². The van der Waals surface area contributed by atoms with Gasteiger partial charge in [0.1, 0.15) is 0 Å². The maximum absolute atomic E-state index is 11.7. The van der Waals surface area contributed by atoms with E-state index in [2.05, 4.69) is 15.9 Å². The van der Waals surface area contributed by atoms with Crippen LogP contribution in [0.2, 0.25) is 0 Å². The Morgan fingerprint density at radius 3 is 2.38 bits per heavy atom. The number of hydrogen-bond donors (Lipinski definition) is 0. The molecule has 2 rings (SSSR count). The molecule has 2 aliphatic carbocycles. The number of hydrogen-bond acceptors (Lipinski definition) is 2. The highest BCUT2D eigenvalue weighted by molar-refractivity contribution is 9.12. The van der Waals surface area contributed by atoms with Crippen LogP contribution in [0.1, 0.15) is 13.8 Å². The Labute approximate surface area is 84.8 Å². The number of rotatable bonds is 0. The summed E-state index contributed by atoms with van der Waals surface area (Å²) < 4.78 is 0.523. The number of carbonyl (C=O) groups excluding carboxylic acids is 2. The van der Waals surface area contributed by atoms with Crippen molar-refractivity contribution >= 4 is 27.5 Å². The molecular formula is C10H9BrO2. The minimum atomic E-state index is -0.664. The van der Waals surface area contributed by atoms with Gasteiger partial charge in [0, 0.05) is 0 Å². The lowest BCUT2D eigenvalue weighted by atomic mass is 9.69. The van der Waals surface area contributed by atoms with Crippen LogP contribution in [-0.4, -0.2) is 11.6 Å². The van der Waals surface area contributed by atoms with E-state index >= 15 is 0 Å². The lowest BCUT2D eigenvalue weighted by molar-refractivity contribution is -0.130. The molecule has 0 aromatic rings. The molecule has 3 heteroatoms. The molecule has 0 radical (unpaired) electrons. The molecule has 2 unspecified atom stereocenters. The van der Waals surface area contributed by atoms with Crippen molar-refractivity contribution in [3.05, 3.63) is 22.7 Å². The molecule has 0 amide bonds. The number of ketones is 2. The van der Waals surface area contributed by atoms with E-state index in [0.29, 0.717) is 4.48 Å². The van der Waals surface area contributed by atoms with Crippen LogP contribution in [0.3, 0.4) is 0 Å². The zero-order valence-corrected chi connectivity index (χ0v) is 9.01. The highest BCUT2D eigenvalue weighted by Crippen LogP contribution is 2.54. The number of halogens is 1. The maximum Gasteiger partial charge on any atom is 0.180 e. The third-order valence-corrected chi connectivity index (χ3v) is 3.85. The van der Waals surface area contributed by atoms with E-state index in [0.717, 1.165) is 0 Å². The fourth-order valence-corrected chi connectivity index (χ4v) is 2.81. The van der Waals surface area contributed by atoms with Crippen LogP contribution < -0.4 is 0 Å². The average molecular weight is 241 g/mol. The summed E-state index contributed by atoms with van der Waals surface area (Å²) in [7, 11) is 0. The van der Waals surface area contributed by atoms with Gasteiger partial charge in [-0.1, -0.05) is 12.2 Å². The van der Waals surface area contributed by atoms with Gasteiger partial charge in [0.15, 0.2) is 11.6 Å². The van der Waals surface area contributed by atoms with Gasteiger partial charge in [-0.2, -0.15) is 0 Å². The summed E-state index contributed by atoms with van der Waals surface area (Å²) in [5, 5.41) is 0. The van der Waals surface area contributed by atoms with Crippen LogP contribution in [0.15, 0.2) is 22.7 Å². The third kappa shape index (κ3) is 0.784. The molecule has 2 aliphatic rings. The van der Waals surface area contributed by atoms with Crippen molar-refractivity contribution in [3.8, 4) is 0 Å². The van der Waals surface area contributed by atoms with Crippen LogP contribution in [0, 0.1) is 10.8 Å². The minimum absolute atomic E-state index is 0.00269. The SMILES string of the molecule is CC12C=C(Br)C(=O)C1(C)C=CC2=O. The van der Waals surface area contributed by atoms with Gasteiger partial charge in [-0.05, 0) is 35.9 Å². The zero-order valence-electron chi connectivity index (χ0n) is 7.43. The monoisotopic (exact) mass is 240 g/mol. The van der Waals surface area contributed by atoms with Crippen molar-refractivity contribution in [2.45, 2.75) is 13.8 Å². The third-order valence-electron chi connectivity index (χ3n) is 3.26. The number of allylic oxidation sites excluding steroid dienone is 4. The van der Waals surface area contributed by atoms with E-state index < -0.39 is 10.8 Å². The van der Waals surface area contributed by atoms with E-state index in [1.165, 1.54) is 6.08 Å². The second-order valence-electron chi connectivity index (χ2n) is 3.92. The summed E-state index contributed by atoms with van der Waals surface area (Å²) in [5.41, 5.74) is -1.33. The Hall–Kier alpha value is -0.700. The summed E-state index contributed by atoms with van der Waals surface area (Å²) in [6.45, 7) is 3.61. The van der Waals surface area contributed by atoms with Crippen molar-refractivity contribution in [2.75, 3.05) is 0 Å². The second-order valence-corrected chi connectivity index (χ2v) is 4.78. The Balaban J connectivity index is 2.65. The Bertz CT molecular complexity index is 380. The molecule has 0 aromatic heterocycles. The highest BCUT2D eigenvalue weighted by Gasteiger charge is 2.58. The van der Waals surface area contributed by atoms with Crippen molar-refractivity contribution in [3.63, 3.8) is 0 Å². The topological polar surface area (TPSA) is 34.1 Å². The Morgan fingerprint density at radius 1 is 1.23 bits per heavy atom. The largest absolute Gasteiger partial charge is 0.294 e. The molecule has 0 spiro atoms. The summed E-state index contributed by atoms with van der Waals surface area (Å²) in [6.07, 6.45) is 4.94. The maximum atomic E-state index is 11.7. The smallest absolute Gasteiger partial charge is 0.180 e. The zero-order chi connectivity index (χ0) is 9.85. The first-order valence-electron chi connectivity index (χ1n) is 4.09. The van der Waals surface area contributed by atoms with E-state index in [1.807, 2.05) is 13.8 Å². The number of carbonyl (C=O) groups is 2. The van der Waals surface area contributed by atoms with Gasteiger partial charge in [0.05, 0.1) is 15.3 Å². The lowest BCUT2D eigenvalue weighted by Crippen LogP contribution is -2.37. The Morgan fingerprint density at radius 2 is 1.85 bits per heavy atom. The molecule has 0 saturated carbocycles. The summed E-state index contributed by atoms with van der Waals surface area (Å²) in [4.78, 5) is 23.3. The number of Topliss-reactive ketones (excluding diaryl/α,β-unsaturated/α-hetero) is 1. The van der Waals surface area contributed by atoms with E-state index in [1.54, 1.807) is 12.2 Å². The van der Waals surface area contributed by atoms with Gasteiger partial charge >= 0.3 is 0 Å². The standard InChI is InChI=1S/C10H9BrO2/c1-9-4-3-7(12)10(9,2)5-6(11)8(9)13/h3-5H,1-2H3. The lowest BCUT2D eigenvalue weighted by Gasteiger charge is -2.29. The van der Waals surface area contributed by atoms with Gasteiger partial charge in [0.25, 0.3) is 0 Å². The molecule has 0 heterocycles. The van der Waals surface area contributed by atoms with Crippen molar-refractivity contribution in [1.82, 2.24) is 0 Å². The molecule has 0 fully saturated rings. The van der Waals surface area contributed by atoms with Gasteiger partial charge < -0.3 is 0 Å². The molecule has 0 N–H and O–H groups in total. The van der Waals surface area contributed by atoms with E-state index in [-0.39, 0.29) is 11.6 Å². The first-order chi connectivity index (χ1) is 5.92.